The van der Waals surface area contributed by atoms with E-state index in [0.29, 0.717) is 24.2 Å². The van der Waals surface area contributed by atoms with Crippen LogP contribution < -0.4 is 10.2 Å². The molecule has 2 atom stereocenters. The zero-order chi connectivity index (χ0) is 23.0. The lowest BCUT2D eigenvalue weighted by atomic mass is 9.89. The summed E-state index contributed by atoms with van der Waals surface area (Å²) in [6.45, 7) is 3.28. The lowest BCUT2D eigenvalue weighted by Crippen LogP contribution is -2.33. The fraction of sp³-hybridized carbons (Fsp3) is 0.409. The highest BCUT2D eigenvalue weighted by atomic mass is 19.1. The third kappa shape index (κ3) is 4.12. The van der Waals surface area contributed by atoms with Gasteiger partial charge in [-0.25, -0.2) is 9.18 Å². The van der Waals surface area contributed by atoms with E-state index in [-0.39, 0.29) is 42.4 Å². The molecular formula is C22H22FN3O6. The van der Waals surface area contributed by atoms with Crippen LogP contribution in [0.15, 0.2) is 22.7 Å². The first-order valence-corrected chi connectivity index (χ1v) is 10.3. The van der Waals surface area contributed by atoms with Crippen molar-refractivity contribution in [3.05, 3.63) is 46.6 Å². The zero-order valence-electron chi connectivity index (χ0n) is 17.6. The molecule has 9 nitrogen and oxygen atoms in total. The lowest BCUT2D eigenvalue weighted by Gasteiger charge is -2.17. The predicted octanol–water partition coefficient (Wildman–Crippen LogP) is 2.60. The standard InChI is InChI=1S/C22H22FN3O6/c1-11-6-18(25-32-11)20(28)16-5-3-4-13-7-14(8-17(23)19(13)21(16)29)26-10-15(31-22(26)30)9-24-12(2)27/h6-8,15-16H,3-5,9-10H2,1-2H3,(H,24,27)/t15-,16-/m0/s1. The minimum absolute atomic E-state index is 0.0475. The van der Waals surface area contributed by atoms with E-state index in [4.69, 9.17) is 9.26 Å². The van der Waals surface area contributed by atoms with E-state index < -0.39 is 35.5 Å². The van der Waals surface area contributed by atoms with Gasteiger partial charge in [-0.15, -0.1) is 0 Å². The summed E-state index contributed by atoms with van der Waals surface area (Å²) < 4.78 is 25.3. The number of carbonyl (C=O) groups excluding carboxylic acids is 4. The number of aryl methyl sites for hydroxylation is 2. The Bertz CT molecular complexity index is 1110. The molecule has 1 saturated heterocycles. The molecule has 1 aromatic heterocycles. The van der Waals surface area contributed by atoms with Crippen molar-refractivity contribution in [2.75, 3.05) is 18.0 Å². The van der Waals surface area contributed by atoms with Crippen LogP contribution in [0.5, 0.6) is 0 Å². The Morgan fingerprint density at radius 2 is 2.06 bits per heavy atom. The van der Waals surface area contributed by atoms with Crippen LogP contribution >= 0.6 is 0 Å². The van der Waals surface area contributed by atoms with Crippen molar-refractivity contribution in [1.29, 1.82) is 0 Å². The molecule has 2 aromatic rings. The summed E-state index contributed by atoms with van der Waals surface area (Å²) in [7, 11) is 0. The van der Waals surface area contributed by atoms with Crippen LogP contribution in [0.2, 0.25) is 0 Å². The fourth-order valence-electron chi connectivity index (χ4n) is 4.09. The van der Waals surface area contributed by atoms with E-state index in [2.05, 4.69) is 10.5 Å². The molecule has 2 amide bonds. The van der Waals surface area contributed by atoms with E-state index in [1.807, 2.05) is 0 Å². The number of nitrogens with one attached hydrogen (secondary N) is 1. The average molecular weight is 443 g/mol. The molecule has 1 N–H and O–H groups in total. The van der Waals surface area contributed by atoms with E-state index in [1.54, 1.807) is 13.0 Å². The minimum atomic E-state index is -1.04. The van der Waals surface area contributed by atoms with Crippen LogP contribution in [0.4, 0.5) is 14.9 Å². The average Bonchev–Trinajstić information content (AvgIpc) is 3.29. The maximum absolute atomic E-state index is 15.1. The molecule has 2 heterocycles. The highest BCUT2D eigenvalue weighted by Gasteiger charge is 2.37. The third-order valence-electron chi connectivity index (χ3n) is 5.62. The first kappa shape index (κ1) is 21.7. The topological polar surface area (TPSA) is 119 Å². The SMILES string of the molecule is CC(=O)NC[C@H]1CN(c2cc(F)c3c(c2)CCC[C@@H](C(=O)c2cc(C)on2)C3=O)C(=O)O1. The van der Waals surface area contributed by atoms with Crippen LogP contribution in [0.1, 0.15) is 51.9 Å². The molecule has 1 aliphatic heterocycles. The summed E-state index contributed by atoms with van der Waals surface area (Å²) in [5.74, 6) is -2.73. The third-order valence-corrected chi connectivity index (χ3v) is 5.62. The summed E-state index contributed by atoms with van der Waals surface area (Å²) in [6.07, 6.45) is -0.0924. The van der Waals surface area contributed by atoms with E-state index in [0.717, 1.165) is 6.07 Å². The number of ketones is 2. The van der Waals surface area contributed by atoms with E-state index in [1.165, 1.54) is 17.9 Å². The number of halogens is 1. The molecule has 1 aromatic carbocycles. The molecular weight excluding hydrogens is 421 g/mol. The second-order valence-corrected chi connectivity index (χ2v) is 8.01. The number of anilines is 1. The Kier molecular flexibility index (Phi) is 5.77. The van der Waals surface area contributed by atoms with Crippen LogP contribution in [0.25, 0.3) is 0 Å². The van der Waals surface area contributed by atoms with Gasteiger partial charge in [0.2, 0.25) is 5.91 Å². The van der Waals surface area contributed by atoms with E-state index >= 15 is 4.39 Å². The lowest BCUT2D eigenvalue weighted by molar-refractivity contribution is -0.119. The van der Waals surface area contributed by atoms with Crippen molar-refractivity contribution >= 4 is 29.3 Å². The van der Waals surface area contributed by atoms with Gasteiger partial charge in [-0.1, -0.05) is 5.16 Å². The Labute approximate surface area is 182 Å². The number of benzene rings is 1. The number of cyclic esters (lactones) is 1. The van der Waals surface area contributed by atoms with Crippen molar-refractivity contribution in [3.63, 3.8) is 0 Å². The Morgan fingerprint density at radius 1 is 1.28 bits per heavy atom. The Morgan fingerprint density at radius 3 is 2.75 bits per heavy atom. The molecule has 10 heteroatoms. The number of aromatic nitrogens is 1. The van der Waals surface area contributed by atoms with Gasteiger partial charge in [0.05, 0.1) is 30.3 Å². The van der Waals surface area contributed by atoms with Gasteiger partial charge >= 0.3 is 6.09 Å². The summed E-state index contributed by atoms with van der Waals surface area (Å²) in [6, 6.07) is 4.15. The summed E-state index contributed by atoms with van der Waals surface area (Å²) in [4.78, 5) is 50.6. The zero-order valence-corrected chi connectivity index (χ0v) is 17.6. The smallest absolute Gasteiger partial charge is 0.414 e. The summed E-state index contributed by atoms with van der Waals surface area (Å²) >= 11 is 0. The molecule has 1 fully saturated rings. The summed E-state index contributed by atoms with van der Waals surface area (Å²) in [5, 5.41) is 6.27. The highest BCUT2D eigenvalue weighted by Crippen LogP contribution is 2.33. The van der Waals surface area contributed by atoms with Crippen molar-refractivity contribution in [2.45, 2.75) is 39.2 Å². The first-order valence-electron chi connectivity index (χ1n) is 10.3. The fourth-order valence-corrected chi connectivity index (χ4v) is 4.09. The minimum Gasteiger partial charge on any atom is -0.442 e. The van der Waals surface area contributed by atoms with Crippen LogP contribution in [-0.4, -0.2) is 47.9 Å². The normalized spacial score (nSPS) is 20.5. The van der Waals surface area contributed by atoms with Gasteiger partial charge in [-0.2, -0.15) is 0 Å². The number of carbonyl (C=O) groups is 4. The van der Waals surface area contributed by atoms with Gasteiger partial charge in [0.15, 0.2) is 17.3 Å². The van der Waals surface area contributed by atoms with Gasteiger partial charge in [-0.3, -0.25) is 19.3 Å². The number of fused-ring (bicyclic) bond motifs is 1. The molecule has 168 valence electrons. The van der Waals surface area contributed by atoms with Gasteiger partial charge < -0.3 is 14.6 Å². The number of hydrogen-bond donors (Lipinski definition) is 1. The first-order chi connectivity index (χ1) is 15.2. The quantitative estimate of drug-likeness (QED) is 0.429. The summed E-state index contributed by atoms with van der Waals surface area (Å²) in [5.41, 5.74) is 0.620. The molecule has 0 unspecified atom stereocenters. The number of amides is 2. The molecule has 0 saturated carbocycles. The number of rotatable bonds is 5. The van der Waals surface area contributed by atoms with Gasteiger partial charge in [0.1, 0.15) is 17.7 Å². The van der Waals surface area contributed by atoms with Crippen molar-refractivity contribution in [2.24, 2.45) is 5.92 Å². The molecule has 4 rings (SSSR count). The predicted molar refractivity (Wildman–Crippen MR) is 109 cm³/mol. The second kappa shape index (κ2) is 8.52. The largest absolute Gasteiger partial charge is 0.442 e. The molecule has 0 bridgehead atoms. The number of nitrogens with zero attached hydrogens (tertiary/aromatic N) is 2. The van der Waals surface area contributed by atoms with Crippen molar-refractivity contribution in [3.8, 4) is 0 Å². The van der Waals surface area contributed by atoms with E-state index in [9.17, 15) is 19.2 Å². The maximum atomic E-state index is 15.1. The van der Waals surface area contributed by atoms with Gasteiger partial charge in [-0.05, 0) is 43.9 Å². The van der Waals surface area contributed by atoms with Crippen molar-refractivity contribution < 1.29 is 32.8 Å². The maximum Gasteiger partial charge on any atom is 0.414 e. The van der Waals surface area contributed by atoms with Gasteiger partial charge in [0.25, 0.3) is 0 Å². The number of hydrogen-bond acceptors (Lipinski definition) is 7. The Hall–Kier alpha value is -3.56. The van der Waals surface area contributed by atoms with Crippen LogP contribution in [0.3, 0.4) is 0 Å². The molecule has 1 aliphatic carbocycles. The van der Waals surface area contributed by atoms with Gasteiger partial charge in [0, 0.05) is 13.0 Å². The second-order valence-electron chi connectivity index (χ2n) is 8.01. The monoisotopic (exact) mass is 443 g/mol. The Balaban J connectivity index is 1.59. The molecule has 2 aliphatic rings. The van der Waals surface area contributed by atoms with Crippen molar-refractivity contribution in [1.82, 2.24) is 10.5 Å². The van der Waals surface area contributed by atoms with Crippen LogP contribution in [-0.2, 0) is 16.0 Å². The number of Topliss-reactive ketones (excluding diaryl/α,β-unsaturated/α-hetero) is 2. The highest BCUT2D eigenvalue weighted by molar-refractivity contribution is 6.16. The molecule has 32 heavy (non-hydrogen) atoms. The number of ether oxygens (including phenoxy) is 1. The van der Waals surface area contributed by atoms with Crippen LogP contribution in [0, 0.1) is 18.7 Å². The molecule has 0 spiro atoms. The molecule has 0 radical (unpaired) electrons.